The molecule has 1 aromatic carbocycles. The number of fused-ring (bicyclic) bond motifs is 1. The smallest absolute Gasteiger partial charge is 0.265 e. The number of ether oxygens (including phenoxy) is 1. The molecule has 0 radical (unpaired) electrons. The molecule has 1 fully saturated rings. The molecule has 2 aliphatic rings. The zero-order valence-corrected chi connectivity index (χ0v) is 10.1. The van der Waals surface area contributed by atoms with Crippen molar-refractivity contribution in [3.05, 3.63) is 24.3 Å². The SMILES string of the molecule is O=C1Nc2ccccc2OC1C1CCC(O)CC1. The molecular weight excluding hydrogens is 230 g/mol. The van der Waals surface area contributed by atoms with E-state index < -0.39 is 6.10 Å². The third-order valence-electron chi connectivity index (χ3n) is 3.83. The van der Waals surface area contributed by atoms with Crippen LogP contribution in [0.2, 0.25) is 0 Å². The lowest BCUT2D eigenvalue weighted by Crippen LogP contribution is -2.44. The van der Waals surface area contributed by atoms with Gasteiger partial charge in [-0.2, -0.15) is 0 Å². The molecule has 1 amide bonds. The molecular formula is C14H17NO3. The molecule has 1 unspecified atom stereocenters. The Morgan fingerprint density at radius 3 is 2.67 bits per heavy atom. The quantitative estimate of drug-likeness (QED) is 0.797. The van der Waals surface area contributed by atoms with E-state index in [2.05, 4.69) is 5.32 Å². The molecule has 4 heteroatoms. The predicted molar refractivity (Wildman–Crippen MR) is 67.5 cm³/mol. The molecule has 0 aromatic heterocycles. The van der Waals surface area contributed by atoms with Crippen LogP contribution in [0.1, 0.15) is 25.7 Å². The first-order chi connectivity index (χ1) is 8.74. The van der Waals surface area contributed by atoms with Gasteiger partial charge in [-0.1, -0.05) is 12.1 Å². The van der Waals surface area contributed by atoms with Crippen LogP contribution in [0.25, 0.3) is 0 Å². The largest absolute Gasteiger partial charge is 0.478 e. The summed E-state index contributed by atoms with van der Waals surface area (Å²) in [5, 5.41) is 12.4. The van der Waals surface area contributed by atoms with Crippen molar-refractivity contribution in [1.29, 1.82) is 0 Å². The minimum absolute atomic E-state index is 0.0601. The van der Waals surface area contributed by atoms with E-state index in [1.807, 2.05) is 24.3 Å². The van der Waals surface area contributed by atoms with Gasteiger partial charge >= 0.3 is 0 Å². The summed E-state index contributed by atoms with van der Waals surface area (Å²) >= 11 is 0. The van der Waals surface area contributed by atoms with Crippen LogP contribution < -0.4 is 10.1 Å². The Labute approximate surface area is 106 Å². The minimum atomic E-state index is -0.410. The van der Waals surface area contributed by atoms with Gasteiger partial charge in [0.25, 0.3) is 5.91 Å². The molecule has 1 aliphatic carbocycles. The van der Waals surface area contributed by atoms with Crippen LogP contribution in [0.15, 0.2) is 24.3 Å². The van der Waals surface area contributed by atoms with Gasteiger partial charge in [0.2, 0.25) is 0 Å². The van der Waals surface area contributed by atoms with E-state index in [0.717, 1.165) is 37.1 Å². The van der Waals surface area contributed by atoms with Crippen molar-refractivity contribution in [1.82, 2.24) is 0 Å². The lowest BCUT2D eigenvalue weighted by Gasteiger charge is -2.34. The lowest BCUT2D eigenvalue weighted by atomic mass is 9.83. The summed E-state index contributed by atoms with van der Waals surface area (Å²) in [7, 11) is 0. The molecule has 18 heavy (non-hydrogen) atoms. The average molecular weight is 247 g/mol. The summed E-state index contributed by atoms with van der Waals surface area (Å²) in [5.74, 6) is 0.894. The van der Waals surface area contributed by atoms with Crippen LogP contribution >= 0.6 is 0 Å². The van der Waals surface area contributed by atoms with Crippen LogP contribution in [-0.2, 0) is 4.79 Å². The van der Waals surface area contributed by atoms with Crippen molar-refractivity contribution in [2.45, 2.75) is 37.9 Å². The molecule has 1 atom stereocenters. The second-order valence-corrected chi connectivity index (χ2v) is 5.09. The van der Waals surface area contributed by atoms with E-state index in [1.165, 1.54) is 0 Å². The first kappa shape index (κ1) is 11.5. The van der Waals surface area contributed by atoms with Crippen LogP contribution in [0, 0.1) is 5.92 Å². The van der Waals surface area contributed by atoms with Crippen molar-refractivity contribution in [2.75, 3.05) is 5.32 Å². The van der Waals surface area contributed by atoms with Crippen molar-refractivity contribution in [3.8, 4) is 5.75 Å². The van der Waals surface area contributed by atoms with Crippen molar-refractivity contribution in [3.63, 3.8) is 0 Å². The highest BCUT2D eigenvalue weighted by Crippen LogP contribution is 2.35. The van der Waals surface area contributed by atoms with Gasteiger partial charge in [-0.3, -0.25) is 4.79 Å². The standard InChI is InChI=1S/C14H17NO3/c16-10-7-5-9(6-8-10)13-14(17)15-11-3-1-2-4-12(11)18-13/h1-4,9-10,13,16H,5-8H2,(H,15,17). The number of hydrogen-bond acceptors (Lipinski definition) is 3. The van der Waals surface area contributed by atoms with Crippen molar-refractivity contribution < 1.29 is 14.6 Å². The number of hydrogen-bond donors (Lipinski definition) is 2. The van der Waals surface area contributed by atoms with Gasteiger partial charge in [0, 0.05) is 5.92 Å². The fraction of sp³-hybridized carbons (Fsp3) is 0.500. The van der Waals surface area contributed by atoms with E-state index in [-0.39, 0.29) is 17.9 Å². The second kappa shape index (κ2) is 4.61. The predicted octanol–water partition coefficient (Wildman–Crippen LogP) is 1.94. The monoisotopic (exact) mass is 247 g/mol. The zero-order chi connectivity index (χ0) is 12.5. The Hall–Kier alpha value is -1.55. The summed E-state index contributed by atoms with van der Waals surface area (Å²) in [6.45, 7) is 0. The van der Waals surface area contributed by atoms with Gasteiger partial charge in [0.05, 0.1) is 11.8 Å². The van der Waals surface area contributed by atoms with Gasteiger partial charge in [0.15, 0.2) is 6.10 Å². The normalized spacial score (nSPS) is 31.2. The van der Waals surface area contributed by atoms with Crippen LogP contribution in [-0.4, -0.2) is 23.2 Å². The van der Waals surface area contributed by atoms with Crippen LogP contribution in [0.3, 0.4) is 0 Å². The van der Waals surface area contributed by atoms with E-state index >= 15 is 0 Å². The number of aliphatic hydroxyl groups excluding tert-OH is 1. The molecule has 1 aliphatic heterocycles. The number of carbonyl (C=O) groups excluding carboxylic acids is 1. The number of carbonyl (C=O) groups is 1. The van der Waals surface area contributed by atoms with E-state index in [9.17, 15) is 9.90 Å². The Bertz CT molecular complexity index is 452. The lowest BCUT2D eigenvalue weighted by molar-refractivity contribution is -0.127. The summed E-state index contributed by atoms with van der Waals surface area (Å²) in [5.41, 5.74) is 0.745. The molecule has 0 bridgehead atoms. The maximum Gasteiger partial charge on any atom is 0.265 e. The first-order valence-corrected chi connectivity index (χ1v) is 6.48. The molecule has 3 rings (SSSR count). The zero-order valence-electron chi connectivity index (χ0n) is 10.1. The minimum Gasteiger partial charge on any atom is -0.478 e. The van der Waals surface area contributed by atoms with E-state index in [0.29, 0.717) is 0 Å². The van der Waals surface area contributed by atoms with E-state index in [1.54, 1.807) is 0 Å². The number of benzene rings is 1. The Morgan fingerprint density at radius 2 is 1.89 bits per heavy atom. The highest BCUT2D eigenvalue weighted by Gasteiger charge is 2.36. The molecule has 0 spiro atoms. The van der Waals surface area contributed by atoms with E-state index in [4.69, 9.17) is 4.74 Å². The number of para-hydroxylation sites is 2. The Morgan fingerprint density at radius 1 is 1.17 bits per heavy atom. The molecule has 1 aromatic rings. The number of rotatable bonds is 1. The maximum atomic E-state index is 12.0. The average Bonchev–Trinajstić information content (AvgIpc) is 2.39. The fourth-order valence-electron chi connectivity index (χ4n) is 2.78. The number of anilines is 1. The fourth-order valence-corrected chi connectivity index (χ4v) is 2.78. The van der Waals surface area contributed by atoms with Gasteiger partial charge < -0.3 is 15.2 Å². The van der Waals surface area contributed by atoms with Gasteiger partial charge in [-0.05, 0) is 37.8 Å². The van der Waals surface area contributed by atoms with Gasteiger partial charge in [0.1, 0.15) is 5.75 Å². The first-order valence-electron chi connectivity index (χ1n) is 6.48. The highest BCUT2D eigenvalue weighted by molar-refractivity contribution is 5.97. The Balaban J connectivity index is 1.76. The number of aliphatic hydroxyl groups is 1. The highest BCUT2D eigenvalue weighted by atomic mass is 16.5. The molecule has 4 nitrogen and oxygen atoms in total. The third-order valence-corrected chi connectivity index (χ3v) is 3.83. The Kier molecular flexibility index (Phi) is 2.96. The van der Waals surface area contributed by atoms with Crippen molar-refractivity contribution >= 4 is 11.6 Å². The molecule has 96 valence electrons. The molecule has 1 heterocycles. The van der Waals surface area contributed by atoms with Crippen LogP contribution in [0.5, 0.6) is 5.75 Å². The summed E-state index contributed by atoms with van der Waals surface area (Å²) in [6, 6.07) is 7.49. The molecule has 0 saturated heterocycles. The van der Waals surface area contributed by atoms with Crippen molar-refractivity contribution in [2.24, 2.45) is 5.92 Å². The molecule has 2 N–H and O–H groups in total. The third kappa shape index (κ3) is 2.08. The topological polar surface area (TPSA) is 58.6 Å². The van der Waals surface area contributed by atoms with Gasteiger partial charge in [-0.25, -0.2) is 0 Å². The summed E-state index contributed by atoms with van der Waals surface area (Å²) in [6.07, 6.45) is 2.61. The summed E-state index contributed by atoms with van der Waals surface area (Å²) in [4.78, 5) is 12.0. The van der Waals surface area contributed by atoms with Crippen LogP contribution in [0.4, 0.5) is 5.69 Å². The van der Waals surface area contributed by atoms with Gasteiger partial charge in [-0.15, -0.1) is 0 Å². The molecule has 1 saturated carbocycles. The number of nitrogens with one attached hydrogen (secondary N) is 1. The number of amides is 1. The summed E-state index contributed by atoms with van der Waals surface area (Å²) < 4.78 is 5.83. The second-order valence-electron chi connectivity index (χ2n) is 5.09. The maximum absolute atomic E-state index is 12.0.